The van der Waals surface area contributed by atoms with E-state index in [9.17, 15) is 0 Å². The fourth-order valence-corrected chi connectivity index (χ4v) is 3.99. The highest BCUT2D eigenvalue weighted by Crippen LogP contribution is 2.24. The van der Waals surface area contributed by atoms with Crippen LogP contribution in [0.4, 0.5) is 0 Å². The fourth-order valence-electron chi connectivity index (χ4n) is 3.86. The number of unbranched alkanes of at least 4 members (excludes halogenated alkanes) is 1. The Hall–Kier alpha value is -2.03. The summed E-state index contributed by atoms with van der Waals surface area (Å²) >= 11 is 5.99. The molecule has 2 heterocycles. The maximum atomic E-state index is 5.99. The number of nitrogens with zero attached hydrogens (tertiary/aromatic N) is 1. The van der Waals surface area contributed by atoms with E-state index in [0.717, 1.165) is 31.0 Å². The smallest absolute Gasteiger partial charge is 0.0456 e. The summed E-state index contributed by atoms with van der Waals surface area (Å²) < 4.78 is 0. The van der Waals surface area contributed by atoms with E-state index in [4.69, 9.17) is 11.6 Å². The van der Waals surface area contributed by atoms with Crippen molar-refractivity contribution in [1.29, 1.82) is 0 Å². The molecule has 0 unspecified atom stereocenters. The van der Waals surface area contributed by atoms with Gasteiger partial charge in [0.05, 0.1) is 0 Å². The summed E-state index contributed by atoms with van der Waals surface area (Å²) in [7, 11) is 0. The molecular formula is C23H25ClN2. The minimum atomic E-state index is 0.808. The number of halogens is 1. The highest BCUT2D eigenvalue weighted by atomic mass is 35.5. The average molecular weight is 365 g/mol. The van der Waals surface area contributed by atoms with Crippen molar-refractivity contribution >= 4 is 28.1 Å². The molecule has 0 fully saturated rings. The molecule has 26 heavy (non-hydrogen) atoms. The number of nitrogens with one attached hydrogen (secondary N) is 1. The first-order valence-corrected chi connectivity index (χ1v) is 9.90. The van der Waals surface area contributed by atoms with E-state index in [1.807, 2.05) is 18.3 Å². The molecule has 0 aliphatic carbocycles. The van der Waals surface area contributed by atoms with Crippen LogP contribution >= 0.6 is 11.6 Å². The number of hydrogen-bond acceptors (Lipinski definition) is 1. The van der Waals surface area contributed by atoms with E-state index >= 15 is 0 Å². The molecule has 2 aromatic carbocycles. The van der Waals surface area contributed by atoms with E-state index < -0.39 is 0 Å². The summed E-state index contributed by atoms with van der Waals surface area (Å²) in [6, 6.07) is 17.0. The van der Waals surface area contributed by atoms with E-state index in [1.54, 1.807) is 0 Å². The molecule has 0 saturated carbocycles. The van der Waals surface area contributed by atoms with Gasteiger partial charge in [0.25, 0.3) is 0 Å². The maximum absolute atomic E-state index is 5.99. The van der Waals surface area contributed by atoms with Gasteiger partial charge < -0.3 is 4.98 Å². The average Bonchev–Trinajstić information content (AvgIpc) is 3.16. The van der Waals surface area contributed by atoms with Crippen LogP contribution in [0.2, 0.25) is 5.02 Å². The van der Waals surface area contributed by atoms with Gasteiger partial charge in [-0.15, -0.1) is 0 Å². The Morgan fingerprint density at radius 1 is 1.00 bits per heavy atom. The van der Waals surface area contributed by atoms with Crippen LogP contribution in [-0.4, -0.2) is 29.5 Å². The SMILES string of the molecule is Clc1ccc(C2=CCN(CCCCc3cccc4[nH]ccc34)CC2)cc1. The standard InChI is InChI=1S/C23H25ClN2/c24-21-9-7-18(8-10-21)19-12-16-26(17-13-19)15-2-1-4-20-5-3-6-23-22(20)11-14-25-23/h3,5-12,14,25H,1-2,4,13,15-17H2. The number of aryl methyl sites for hydroxylation is 1. The van der Waals surface area contributed by atoms with Gasteiger partial charge in [0.15, 0.2) is 0 Å². The van der Waals surface area contributed by atoms with Gasteiger partial charge in [0, 0.05) is 35.2 Å². The van der Waals surface area contributed by atoms with Gasteiger partial charge in [-0.05, 0) is 73.2 Å². The molecule has 0 saturated heterocycles. The van der Waals surface area contributed by atoms with Crippen molar-refractivity contribution in [2.45, 2.75) is 25.7 Å². The number of aromatic amines is 1. The summed E-state index contributed by atoms with van der Waals surface area (Å²) in [5.74, 6) is 0. The molecule has 0 bridgehead atoms. The van der Waals surface area contributed by atoms with Crippen LogP contribution in [0, 0.1) is 0 Å². The quantitative estimate of drug-likeness (QED) is 0.537. The van der Waals surface area contributed by atoms with Gasteiger partial charge in [-0.2, -0.15) is 0 Å². The first-order valence-electron chi connectivity index (χ1n) is 9.52. The Bertz CT molecular complexity index is 892. The van der Waals surface area contributed by atoms with Crippen molar-refractivity contribution in [3.05, 3.63) is 77.0 Å². The van der Waals surface area contributed by atoms with Crippen LogP contribution in [0.1, 0.15) is 30.4 Å². The van der Waals surface area contributed by atoms with Crippen molar-refractivity contribution < 1.29 is 0 Å². The van der Waals surface area contributed by atoms with Crippen molar-refractivity contribution in [1.82, 2.24) is 9.88 Å². The predicted molar refractivity (Wildman–Crippen MR) is 112 cm³/mol. The lowest BCUT2D eigenvalue weighted by molar-refractivity contribution is 0.295. The van der Waals surface area contributed by atoms with E-state index in [2.05, 4.69) is 52.4 Å². The van der Waals surface area contributed by atoms with Gasteiger partial charge in [-0.3, -0.25) is 4.90 Å². The zero-order valence-electron chi connectivity index (χ0n) is 15.0. The van der Waals surface area contributed by atoms with Crippen molar-refractivity contribution in [3.63, 3.8) is 0 Å². The van der Waals surface area contributed by atoms with Crippen molar-refractivity contribution in [2.75, 3.05) is 19.6 Å². The molecule has 4 rings (SSSR count). The Morgan fingerprint density at radius 3 is 2.69 bits per heavy atom. The van der Waals surface area contributed by atoms with Crippen LogP contribution in [0.5, 0.6) is 0 Å². The third-order valence-electron chi connectivity index (χ3n) is 5.36. The Balaban J connectivity index is 1.25. The number of hydrogen-bond donors (Lipinski definition) is 1. The van der Waals surface area contributed by atoms with Crippen LogP contribution in [-0.2, 0) is 6.42 Å². The second-order valence-electron chi connectivity index (χ2n) is 7.10. The summed E-state index contributed by atoms with van der Waals surface area (Å²) in [5.41, 5.74) is 5.48. The zero-order valence-corrected chi connectivity index (χ0v) is 15.8. The molecule has 1 aliphatic heterocycles. The number of rotatable bonds is 6. The topological polar surface area (TPSA) is 19.0 Å². The molecule has 0 atom stereocenters. The molecule has 2 nitrogen and oxygen atoms in total. The van der Waals surface area contributed by atoms with Gasteiger partial charge in [0.1, 0.15) is 0 Å². The van der Waals surface area contributed by atoms with Gasteiger partial charge in [-0.1, -0.05) is 41.9 Å². The first-order chi connectivity index (χ1) is 12.8. The molecular weight excluding hydrogens is 340 g/mol. The zero-order chi connectivity index (χ0) is 17.8. The highest BCUT2D eigenvalue weighted by Gasteiger charge is 2.12. The van der Waals surface area contributed by atoms with Crippen LogP contribution < -0.4 is 0 Å². The molecule has 1 aromatic heterocycles. The third kappa shape index (κ3) is 4.03. The van der Waals surface area contributed by atoms with Crippen molar-refractivity contribution in [3.8, 4) is 0 Å². The predicted octanol–water partition coefficient (Wildman–Crippen LogP) is 5.93. The monoisotopic (exact) mass is 364 g/mol. The second-order valence-corrected chi connectivity index (χ2v) is 7.54. The van der Waals surface area contributed by atoms with Crippen LogP contribution in [0.3, 0.4) is 0 Å². The largest absolute Gasteiger partial charge is 0.361 e. The van der Waals surface area contributed by atoms with Gasteiger partial charge >= 0.3 is 0 Å². The Labute approximate surface area is 160 Å². The summed E-state index contributed by atoms with van der Waals surface area (Å²) in [6.45, 7) is 3.40. The normalized spacial score (nSPS) is 15.3. The van der Waals surface area contributed by atoms with Crippen LogP contribution in [0.25, 0.3) is 16.5 Å². The van der Waals surface area contributed by atoms with E-state index in [1.165, 1.54) is 47.0 Å². The molecule has 3 heteroatoms. The summed E-state index contributed by atoms with van der Waals surface area (Å²) in [6.07, 6.45) is 9.21. The lowest BCUT2D eigenvalue weighted by Gasteiger charge is -2.26. The third-order valence-corrected chi connectivity index (χ3v) is 5.62. The molecule has 1 N–H and O–H groups in total. The highest BCUT2D eigenvalue weighted by molar-refractivity contribution is 6.30. The van der Waals surface area contributed by atoms with Gasteiger partial charge in [0.2, 0.25) is 0 Å². The number of aromatic nitrogens is 1. The lowest BCUT2D eigenvalue weighted by atomic mass is 9.99. The number of H-pyrrole nitrogens is 1. The van der Waals surface area contributed by atoms with Crippen LogP contribution in [0.15, 0.2) is 60.8 Å². The number of fused-ring (bicyclic) bond motifs is 1. The van der Waals surface area contributed by atoms with Gasteiger partial charge in [-0.25, -0.2) is 0 Å². The second kappa shape index (κ2) is 8.11. The molecule has 0 radical (unpaired) electrons. The fraction of sp³-hybridized carbons (Fsp3) is 0.304. The Morgan fingerprint density at radius 2 is 1.88 bits per heavy atom. The first kappa shape index (κ1) is 17.4. The Kier molecular flexibility index (Phi) is 5.42. The lowest BCUT2D eigenvalue weighted by Crippen LogP contribution is -2.29. The molecule has 134 valence electrons. The molecule has 3 aromatic rings. The summed E-state index contributed by atoms with van der Waals surface area (Å²) in [4.78, 5) is 5.87. The van der Waals surface area contributed by atoms with E-state index in [-0.39, 0.29) is 0 Å². The number of benzene rings is 2. The van der Waals surface area contributed by atoms with E-state index in [0.29, 0.717) is 0 Å². The van der Waals surface area contributed by atoms with Crippen molar-refractivity contribution in [2.24, 2.45) is 0 Å². The molecule has 0 spiro atoms. The molecule has 0 amide bonds. The minimum Gasteiger partial charge on any atom is -0.361 e. The molecule has 1 aliphatic rings. The minimum absolute atomic E-state index is 0.808. The summed E-state index contributed by atoms with van der Waals surface area (Å²) in [5, 5.41) is 2.18. The maximum Gasteiger partial charge on any atom is 0.0456 e.